The van der Waals surface area contributed by atoms with Crippen LogP contribution in [0.3, 0.4) is 0 Å². The molecule has 0 aliphatic carbocycles. The first-order chi connectivity index (χ1) is 12.1. The maximum Gasteiger partial charge on any atom is 0.266 e. The molecule has 0 bridgehead atoms. The summed E-state index contributed by atoms with van der Waals surface area (Å²) in [4.78, 5) is 14.3. The first-order valence-corrected chi connectivity index (χ1v) is 9.08. The molecular weight excluding hydrogens is 336 g/mol. The molecule has 0 radical (unpaired) electrons. The number of carbonyl (C=O) groups excluding carboxylic acids is 1. The highest BCUT2D eigenvalue weighted by molar-refractivity contribution is 7.89. The molecule has 0 aliphatic rings. The van der Waals surface area contributed by atoms with Gasteiger partial charge < -0.3 is 0 Å². The molecule has 0 saturated heterocycles. The fraction of sp³-hybridized carbons (Fsp3) is 0. The quantitative estimate of drug-likeness (QED) is 0.693. The Morgan fingerprint density at radius 2 is 1.28 bits per heavy atom. The summed E-state index contributed by atoms with van der Waals surface area (Å²) < 4.78 is 25.3. The molecule has 1 amide bonds. The lowest BCUT2D eigenvalue weighted by Gasteiger charge is -2.12. The van der Waals surface area contributed by atoms with Gasteiger partial charge in [-0.3, -0.25) is 10.2 Å². The molecule has 3 rings (SSSR count). The van der Waals surface area contributed by atoms with E-state index in [9.17, 15) is 13.2 Å². The topological polar surface area (TPSA) is 75.3 Å². The average molecular weight is 352 g/mol. The minimum atomic E-state index is -3.92. The van der Waals surface area contributed by atoms with E-state index in [1.807, 2.05) is 30.3 Å². The lowest BCUT2D eigenvalue weighted by atomic mass is 10.1. The van der Waals surface area contributed by atoms with Crippen LogP contribution in [0, 0.1) is 0 Å². The van der Waals surface area contributed by atoms with Crippen LogP contribution in [-0.2, 0) is 10.0 Å². The smallest absolute Gasteiger partial charge is 0.266 e. The van der Waals surface area contributed by atoms with Gasteiger partial charge in [0.15, 0.2) is 0 Å². The second-order valence-electron chi connectivity index (χ2n) is 5.29. The van der Waals surface area contributed by atoms with Crippen molar-refractivity contribution in [1.29, 1.82) is 0 Å². The molecule has 3 aromatic rings. The monoisotopic (exact) mass is 352 g/mol. The third-order valence-corrected chi connectivity index (χ3v) is 4.90. The number of amides is 1. The van der Waals surface area contributed by atoms with Crippen LogP contribution in [0.5, 0.6) is 0 Å². The van der Waals surface area contributed by atoms with Gasteiger partial charge in [-0.2, -0.15) is 0 Å². The summed E-state index contributed by atoms with van der Waals surface area (Å²) in [5.74, 6) is -0.527. The van der Waals surface area contributed by atoms with E-state index in [-0.39, 0.29) is 4.90 Å². The van der Waals surface area contributed by atoms with E-state index < -0.39 is 15.9 Å². The van der Waals surface area contributed by atoms with E-state index >= 15 is 0 Å². The minimum Gasteiger partial charge on any atom is -0.273 e. The van der Waals surface area contributed by atoms with Crippen molar-refractivity contribution in [3.8, 4) is 11.1 Å². The molecule has 126 valence electrons. The third-order valence-electron chi connectivity index (χ3n) is 3.60. The zero-order valence-corrected chi connectivity index (χ0v) is 14.0. The van der Waals surface area contributed by atoms with E-state index in [1.54, 1.807) is 48.5 Å². The second-order valence-corrected chi connectivity index (χ2v) is 6.94. The maximum atomic E-state index is 12.6. The highest BCUT2D eigenvalue weighted by Crippen LogP contribution is 2.26. The van der Waals surface area contributed by atoms with Crippen LogP contribution in [0.25, 0.3) is 11.1 Å². The van der Waals surface area contributed by atoms with Crippen molar-refractivity contribution >= 4 is 15.9 Å². The first-order valence-electron chi connectivity index (χ1n) is 7.59. The molecule has 0 atom stereocenters. The van der Waals surface area contributed by atoms with E-state index in [0.29, 0.717) is 11.1 Å². The number of rotatable bonds is 5. The largest absolute Gasteiger partial charge is 0.273 e. The lowest BCUT2D eigenvalue weighted by Crippen LogP contribution is -2.41. The van der Waals surface area contributed by atoms with Crippen LogP contribution in [0.2, 0.25) is 0 Å². The summed E-state index contributed by atoms with van der Waals surface area (Å²) >= 11 is 0. The molecule has 0 unspecified atom stereocenters. The third kappa shape index (κ3) is 3.93. The van der Waals surface area contributed by atoms with E-state index in [0.717, 1.165) is 5.56 Å². The first kappa shape index (κ1) is 16.9. The lowest BCUT2D eigenvalue weighted by molar-refractivity contribution is 0.0945. The van der Waals surface area contributed by atoms with Crippen LogP contribution >= 0.6 is 0 Å². The number of sulfonamides is 1. The number of hydrazine groups is 1. The predicted molar refractivity (Wildman–Crippen MR) is 96.1 cm³/mol. The number of benzene rings is 3. The van der Waals surface area contributed by atoms with E-state index in [1.165, 1.54) is 6.07 Å². The molecule has 0 spiro atoms. The van der Waals surface area contributed by atoms with Gasteiger partial charge in [-0.15, -0.1) is 4.83 Å². The predicted octanol–water partition coefficient (Wildman–Crippen LogP) is 2.98. The molecule has 5 nitrogen and oxygen atoms in total. The van der Waals surface area contributed by atoms with Gasteiger partial charge in [0.2, 0.25) is 0 Å². The van der Waals surface area contributed by atoms with Crippen LogP contribution in [0.15, 0.2) is 89.8 Å². The molecular formula is C19H16N2O3S. The normalized spacial score (nSPS) is 11.0. The zero-order valence-electron chi connectivity index (χ0n) is 13.2. The Morgan fingerprint density at radius 3 is 1.96 bits per heavy atom. The Balaban J connectivity index is 1.85. The Morgan fingerprint density at radius 1 is 0.720 bits per heavy atom. The van der Waals surface area contributed by atoms with Crippen molar-refractivity contribution in [1.82, 2.24) is 10.3 Å². The number of hydrogen-bond acceptors (Lipinski definition) is 3. The minimum absolute atomic E-state index is 0.0922. The van der Waals surface area contributed by atoms with E-state index in [2.05, 4.69) is 10.3 Å². The highest BCUT2D eigenvalue weighted by Gasteiger charge is 2.20. The van der Waals surface area contributed by atoms with Gasteiger partial charge in [-0.25, -0.2) is 8.42 Å². The van der Waals surface area contributed by atoms with Gasteiger partial charge in [0, 0.05) is 11.1 Å². The number of carbonyl (C=O) groups is 1. The fourth-order valence-corrected chi connectivity index (χ4v) is 3.46. The molecule has 0 fully saturated rings. The Labute approximate surface area is 146 Å². The van der Waals surface area contributed by atoms with Gasteiger partial charge in [0.25, 0.3) is 15.9 Å². The summed E-state index contributed by atoms with van der Waals surface area (Å²) in [6, 6.07) is 24.2. The summed E-state index contributed by atoms with van der Waals surface area (Å²) in [5.41, 5.74) is 3.94. The van der Waals surface area contributed by atoms with Gasteiger partial charge in [0.05, 0.1) is 4.90 Å². The molecule has 3 aromatic carbocycles. The highest BCUT2D eigenvalue weighted by atomic mass is 32.2. The summed E-state index contributed by atoms with van der Waals surface area (Å²) in [5, 5.41) is 0. The molecule has 25 heavy (non-hydrogen) atoms. The van der Waals surface area contributed by atoms with Crippen LogP contribution < -0.4 is 10.3 Å². The van der Waals surface area contributed by atoms with Crippen LogP contribution in [-0.4, -0.2) is 14.3 Å². The van der Waals surface area contributed by atoms with Crippen molar-refractivity contribution < 1.29 is 13.2 Å². The zero-order chi connectivity index (χ0) is 17.7. The van der Waals surface area contributed by atoms with Crippen molar-refractivity contribution in [2.75, 3.05) is 0 Å². The van der Waals surface area contributed by atoms with Crippen molar-refractivity contribution in [3.63, 3.8) is 0 Å². The SMILES string of the molecule is O=C(NNS(=O)(=O)c1ccccc1-c1ccccc1)c1ccccc1. The average Bonchev–Trinajstić information content (AvgIpc) is 2.67. The molecule has 6 heteroatoms. The van der Waals surface area contributed by atoms with Crippen LogP contribution in [0.1, 0.15) is 10.4 Å². The van der Waals surface area contributed by atoms with E-state index in [4.69, 9.17) is 0 Å². The van der Waals surface area contributed by atoms with Gasteiger partial charge in [-0.1, -0.05) is 66.7 Å². The van der Waals surface area contributed by atoms with Crippen molar-refractivity contribution in [2.24, 2.45) is 0 Å². The Bertz CT molecular complexity index is 972. The van der Waals surface area contributed by atoms with Crippen molar-refractivity contribution in [2.45, 2.75) is 4.90 Å². The van der Waals surface area contributed by atoms with Crippen molar-refractivity contribution in [3.05, 3.63) is 90.5 Å². The fourth-order valence-electron chi connectivity index (χ4n) is 2.39. The molecule has 0 heterocycles. The van der Waals surface area contributed by atoms with Gasteiger partial charge in [0.1, 0.15) is 0 Å². The molecule has 2 N–H and O–H groups in total. The summed E-state index contributed by atoms with van der Waals surface area (Å²) in [7, 11) is -3.92. The second kappa shape index (κ2) is 7.29. The number of nitrogens with one attached hydrogen (secondary N) is 2. The summed E-state index contributed by atoms with van der Waals surface area (Å²) in [6.45, 7) is 0. The molecule has 0 aromatic heterocycles. The standard InChI is InChI=1S/C19H16N2O3S/c22-19(16-11-5-2-6-12-16)20-21-25(23,24)18-14-8-7-13-17(18)15-9-3-1-4-10-15/h1-14,21H,(H,20,22). The molecule has 0 saturated carbocycles. The maximum absolute atomic E-state index is 12.6. The molecule has 0 aliphatic heterocycles. The van der Waals surface area contributed by atoms with Gasteiger partial charge in [-0.05, 0) is 23.8 Å². The summed E-state index contributed by atoms with van der Waals surface area (Å²) in [6.07, 6.45) is 0. The van der Waals surface area contributed by atoms with Crippen LogP contribution in [0.4, 0.5) is 0 Å². The Kier molecular flexibility index (Phi) is 4.92. The number of hydrogen-bond donors (Lipinski definition) is 2. The Hall–Kier alpha value is -2.96. The van der Waals surface area contributed by atoms with Gasteiger partial charge >= 0.3 is 0 Å².